The van der Waals surface area contributed by atoms with E-state index in [9.17, 15) is 4.79 Å². The van der Waals surface area contributed by atoms with Crippen LogP contribution in [0.5, 0.6) is 0 Å². The summed E-state index contributed by atoms with van der Waals surface area (Å²) in [4.78, 5) is 10.9. The molecule has 0 spiro atoms. The molecule has 3 nitrogen and oxygen atoms in total. The SMILES string of the molecule is CNCCCCCCCCCCNC(=O)CBr. The lowest BCUT2D eigenvalue weighted by molar-refractivity contribution is -0.118. The van der Waals surface area contributed by atoms with Gasteiger partial charge in [0.15, 0.2) is 0 Å². The molecule has 0 aromatic carbocycles. The highest BCUT2D eigenvalue weighted by molar-refractivity contribution is 9.09. The third-order valence-electron chi connectivity index (χ3n) is 2.80. The van der Waals surface area contributed by atoms with E-state index in [1.807, 2.05) is 7.05 Å². The van der Waals surface area contributed by atoms with Crippen LogP contribution in [0.4, 0.5) is 0 Å². The van der Waals surface area contributed by atoms with E-state index in [1.165, 1.54) is 44.9 Å². The van der Waals surface area contributed by atoms with E-state index in [0.717, 1.165) is 19.5 Å². The molecule has 0 fully saturated rings. The molecule has 2 N–H and O–H groups in total. The van der Waals surface area contributed by atoms with E-state index in [0.29, 0.717) is 5.33 Å². The molecule has 4 heteroatoms. The molecule has 0 atom stereocenters. The van der Waals surface area contributed by atoms with Gasteiger partial charge in [-0.25, -0.2) is 0 Å². The van der Waals surface area contributed by atoms with Crippen molar-refractivity contribution in [3.8, 4) is 0 Å². The van der Waals surface area contributed by atoms with E-state index >= 15 is 0 Å². The third-order valence-corrected chi connectivity index (χ3v) is 3.31. The van der Waals surface area contributed by atoms with Gasteiger partial charge in [-0.1, -0.05) is 54.5 Å². The van der Waals surface area contributed by atoms with Crippen molar-refractivity contribution < 1.29 is 4.79 Å². The van der Waals surface area contributed by atoms with Gasteiger partial charge in [0.1, 0.15) is 0 Å². The molecule has 0 heterocycles. The number of unbranched alkanes of at least 4 members (excludes halogenated alkanes) is 7. The average molecular weight is 307 g/mol. The smallest absolute Gasteiger partial charge is 0.230 e. The number of halogens is 1. The fourth-order valence-electron chi connectivity index (χ4n) is 1.76. The van der Waals surface area contributed by atoms with Crippen molar-refractivity contribution in [1.82, 2.24) is 10.6 Å². The topological polar surface area (TPSA) is 41.1 Å². The lowest BCUT2D eigenvalue weighted by Gasteiger charge is -2.03. The van der Waals surface area contributed by atoms with Crippen LogP contribution in [-0.2, 0) is 4.79 Å². The molecule has 102 valence electrons. The van der Waals surface area contributed by atoms with Gasteiger partial charge in [-0.05, 0) is 26.4 Å². The molecule has 0 aliphatic carbocycles. The maximum atomic E-state index is 10.9. The highest BCUT2D eigenvalue weighted by atomic mass is 79.9. The Labute approximate surface area is 114 Å². The second-order valence-corrected chi connectivity index (χ2v) is 4.98. The molecule has 0 radical (unpaired) electrons. The van der Waals surface area contributed by atoms with Gasteiger partial charge in [-0.3, -0.25) is 4.79 Å². The lowest BCUT2D eigenvalue weighted by Crippen LogP contribution is -2.25. The van der Waals surface area contributed by atoms with Crippen molar-refractivity contribution in [2.75, 3.05) is 25.5 Å². The standard InChI is InChI=1S/C13H27BrN2O/c1-15-10-8-6-4-2-3-5-7-9-11-16-13(17)12-14/h15H,2-12H2,1H3,(H,16,17). The van der Waals surface area contributed by atoms with Crippen LogP contribution in [0.3, 0.4) is 0 Å². The molecule has 1 amide bonds. The molecule has 0 unspecified atom stereocenters. The van der Waals surface area contributed by atoms with Crippen LogP contribution in [0.1, 0.15) is 51.4 Å². The third kappa shape index (κ3) is 13.8. The van der Waals surface area contributed by atoms with E-state index in [2.05, 4.69) is 26.6 Å². The normalized spacial score (nSPS) is 10.5. The summed E-state index contributed by atoms with van der Waals surface area (Å²) < 4.78 is 0. The fraction of sp³-hybridized carbons (Fsp3) is 0.923. The zero-order valence-electron chi connectivity index (χ0n) is 11.1. The first-order chi connectivity index (χ1) is 8.31. The van der Waals surface area contributed by atoms with Gasteiger partial charge in [0.2, 0.25) is 5.91 Å². The summed E-state index contributed by atoms with van der Waals surface area (Å²) in [5.74, 6) is 0.0922. The van der Waals surface area contributed by atoms with Crippen LogP contribution in [0.2, 0.25) is 0 Å². The van der Waals surface area contributed by atoms with Gasteiger partial charge < -0.3 is 10.6 Å². The van der Waals surface area contributed by atoms with Crippen LogP contribution >= 0.6 is 15.9 Å². The summed E-state index contributed by atoms with van der Waals surface area (Å²) >= 11 is 3.13. The Balaban J connectivity index is 2.96. The minimum Gasteiger partial charge on any atom is -0.355 e. The molecule has 0 rings (SSSR count). The predicted octanol–water partition coefficient (Wildman–Crippen LogP) is 2.84. The van der Waals surface area contributed by atoms with Crippen molar-refractivity contribution in [2.24, 2.45) is 0 Å². The second-order valence-electron chi connectivity index (χ2n) is 4.42. The lowest BCUT2D eigenvalue weighted by atomic mass is 10.1. The zero-order chi connectivity index (χ0) is 12.8. The summed E-state index contributed by atoms with van der Waals surface area (Å²) in [6.07, 6.45) is 10.4. The van der Waals surface area contributed by atoms with E-state index in [4.69, 9.17) is 0 Å². The van der Waals surface area contributed by atoms with Gasteiger partial charge in [-0.2, -0.15) is 0 Å². The van der Waals surface area contributed by atoms with E-state index < -0.39 is 0 Å². The Kier molecular flexibility index (Phi) is 13.9. The summed E-state index contributed by atoms with van der Waals surface area (Å²) in [6, 6.07) is 0. The van der Waals surface area contributed by atoms with Crippen LogP contribution < -0.4 is 10.6 Å². The Morgan fingerprint density at radius 3 is 1.82 bits per heavy atom. The highest BCUT2D eigenvalue weighted by Gasteiger charge is 1.96. The van der Waals surface area contributed by atoms with Gasteiger partial charge >= 0.3 is 0 Å². The van der Waals surface area contributed by atoms with Crippen molar-refractivity contribution in [2.45, 2.75) is 51.4 Å². The van der Waals surface area contributed by atoms with Crippen LogP contribution in [-0.4, -0.2) is 31.4 Å². The molecule has 0 aromatic rings. The number of nitrogens with one attached hydrogen (secondary N) is 2. The monoisotopic (exact) mass is 306 g/mol. The molecule has 0 bridgehead atoms. The van der Waals surface area contributed by atoms with Crippen molar-refractivity contribution in [1.29, 1.82) is 0 Å². The first kappa shape index (κ1) is 16.9. The number of carbonyl (C=O) groups is 1. The minimum atomic E-state index is 0.0922. The highest BCUT2D eigenvalue weighted by Crippen LogP contribution is 2.07. The van der Waals surface area contributed by atoms with Gasteiger partial charge in [0.25, 0.3) is 0 Å². The molecule has 0 saturated carbocycles. The largest absolute Gasteiger partial charge is 0.355 e. The minimum absolute atomic E-state index is 0.0922. The summed E-state index contributed by atoms with van der Waals surface area (Å²) in [5.41, 5.74) is 0. The number of rotatable bonds is 12. The zero-order valence-corrected chi connectivity index (χ0v) is 12.7. The first-order valence-corrected chi connectivity index (χ1v) is 7.90. The molecular formula is C13H27BrN2O. The van der Waals surface area contributed by atoms with E-state index in [1.54, 1.807) is 0 Å². The van der Waals surface area contributed by atoms with Gasteiger partial charge in [0.05, 0.1) is 5.33 Å². The average Bonchev–Trinajstić information content (AvgIpc) is 2.35. The first-order valence-electron chi connectivity index (χ1n) is 6.78. The second kappa shape index (κ2) is 14.0. The number of amides is 1. The molecule has 0 aliphatic rings. The summed E-state index contributed by atoms with van der Waals surface area (Å²) in [7, 11) is 2.01. The number of alkyl halides is 1. The maximum Gasteiger partial charge on any atom is 0.230 e. The van der Waals surface area contributed by atoms with Crippen molar-refractivity contribution in [3.05, 3.63) is 0 Å². The van der Waals surface area contributed by atoms with Crippen molar-refractivity contribution in [3.63, 3.8) is 0 Å². The van der Waals surface area contributed by atoms with Crippen LogP contribution in [0.15, 0.2) is 0 Å². The van der Waals surface area contributed by atoms with E-state index in [-0.39, 0.29) is 5.91 Å². The Hall–Kier alpha value is -0.0900. The Morgan fingerprint density at radius 2 is 1.35 bits per heavy atom. The van der Waals surface area contributed by atoms with Crippen LogP contribution in [0.25, 0.3) is 0 Å². The summed E-state index contributed by atoms with van der Waals surface area (Å²) in [5, 5.41) is 6.45. The molecule has 0 aliphatic heterocycles. The molecular weight excluding hydrogens is 280 g/mol. The molecule has 17 heavy (non-hydrogen) atoms. The van der Waals surface area contributed by atoms with Gasteiger partial charge in [0, 0.05) is 6.54 Å². The summed E-state index contributed by atoms with van der Waals surface area (Å²) in [6.45, 7) is 1.97. The Morgan fingerprint density at radius 1 is 0.882 bits per heavy atom. The quantitative estimate of drug-likeness (QED) is 0.430. The number of carbonyl (C=O) groups excluding carboxylic acids is 1. The molecule has 0 aromatic heterocycles. The maximum absolute atomic E-state index is 10.9. The van der Waals surface area contributed by atoms with Crippen molar-refractivity contribution >= 4 is 21.8 Å². The fourth-order valence-corrected chi connectivity index (χ4v) is 1.96. The Bertz CT molecular complexity index is 177. The number of hydrogen-bond donors (Lipinski definition) is 2. The number of hydrogen-bond acceptors (Lipinski definition) is 2. The van der Waals surface area contributed by atoms with Crippen LogP contribution in [0, 0.1) is 0 Å². The van der Waals surface area contributed by atoms with Gasteiger partial charge in [-0.15, -0.1) is 0 Å². The predicted molar refractivity (Wildman–Crippen MR) is 77.7 cm³/mol. The molecule has 0 saturated heterocycles.